The third kappa shape index (κ3) is 2.79. The Labute approximate surface area is 103 Å². The normalized spacial score (nSPS) is 26.7. The zero-order valence-electron chi connectivity index (χ0n) is 10.5. The van der Waals surface area contributed by atoms with Crippen LogP contribution < -0.4 is 5.73 Å². The van der Waals surface area contributed by atoms with E-state index in [4.69, 9.17) is 5.73 Å². The Bertz CT molecular complexity index is 367. The Balaban J connectivity index is 2.30. The van der Waals surface area contributed by atoms with Gasteiger partial charge in [0.05, 0.1) is 0 Å². The third-order valence-electron chi connectivity index (χ3n) is 3.77. The van der Waals surface area contributed by atoms with E-state index >= 15 is 0 Å². The van der Waals surface area contributed by atoms with E-state index in [-0.39, 0.29) is 0 Å². The van der Waals surface area contributed by atoms with E-state index in [9.17, 15) is 5.11 Å². The summed E-state index contributed by atoms with van der Waals surface area (Å²) in [6, 6.07) is 7.94. The Morgan fingerprint density at radius 3 is 2.94 bits per heavy atom. The van der Waals surface area contributed by atoms with Crippen molar-refractivity contribution in [2.75, 3.05) is 20.1 Å². The van der Waals surface area contributed by atoms with Gasteiger partial charge in [-0.05, 0) is 56.6 Å². The molecule has 1 aliphatic heterocycles. The summed E-state index contributed by atoms with van der Waals surface area (Å²) in [6.07, 6.45) is 3.67. The minimum Gasteiger partial charge on any atom is -0.508 e. The van der Waals surface area contributed by atoms with Gasteiger partial charge in [-0.2, -0.15) is 0 Å². The number of nitrogens with two attached hydrogens (primary N) is 1. The molecular weight excluding hydrogens is 212 g/mol. The molecule has 1 aliphatic rings. The van der Waals surface area contributed by atoms with Gasteiger partial charge in [-0.1, -0.05) is 18.6 Å². The molecule has 1 fully saturated rings. The molecule has 1 aromatic carbocycles. The number of aromatic hydroxyl groups is 1. The second-order valence-electron chi connectivity index (χ2n) is 5.01. The van der Waals surface area contributed by atoms with Crippen LogP contribution in [0, 0.1) is 5.92 Å². The number of rotatable bonds is 2. The molecule has 0 aliphatic carbocycles. The van der Waals surface area contributed by atoms with Crippen molar-refractivity contribution in [3.8, 4) is 5.75 Å². The van der Waals surface area contributed by atoms with E-state index in [1.54, 1.807) is 6.07 Å². The van der Waals surface area contributed by atoms with Crippen LogP contribution in [0.1, 0.15) is 30.9 Å². The Kier molecular flexibility index (Phi) is 4.02. The number of nitrogens with zero attached hydrogens (tertiary/aromatic N) is 1. The molecule has 3 nitrogen and oxygen atoms in total. The molecule has 2 atom stereocenters. The second-order valence-corrected chi connectivity index (χ2v) is 5.01. The number of likely N-dealkylation sites (tertiary alicyclic amines) is 1. The van der Waals surface area contributed by atoms with E-state index in [0.717, 1.165) is 6.54 Å². The standard InChI is InChI=1S/C14H22N2O/c1-16-8-3-2-5-12(10-15)14(16)11-6-4-7-13(17)9-11/h4,6-7,9,12,14,17H,2-3,5,8,10,15H2,1H3/t12-,14-/m1/s1. The van der Waals surface area contributed by atoms with E-state index in [1.807, 2.05) is 12.1 Å². The molecule has 0 aromatic heterocycles. The molecule has 0 amide bonds. The summed E-state index contributed by atoms with van der Waals surface area (Å²) in [7, 11) is 2.16. The van der Waals surface area contributed by atoms with Crippen molar-refractivity contribution >= 4 is 0 Å². The predicted octanol–water partition coefficient (Wildman–Crippen LogP) is 2.12. The molecule has 3 heteroatoms. The van der Waals surface area contributed by atoms with Crippen molar-refractivity contribution in [1.29, 1.82) is 0 Å². The Morgan fingerprint density at radius 1 is 1.41 bits per heavy atom. The molecule has 2 rings (SSSR count). The van der Waals surface area contributed by atoms with Gasteiger partial charge in [-0.15, -0.1) is 0 Å². The number of phenols is 1. The molecule has 0 saturated carbocycles. The summed E-state index contributed by atoms with van der Waals surface area (Å²) in [5, 5.41) is 9.61. The van der Waals surface area contributed by atoms with Crippen LogP contribution in [0.4, 0.5) is 0 Å². The molecule has 0 radical (unpaired) electrons. The number of phenolic OH excluding ortho intramolecular Hbond substituents is 1. The molecule has 3 N–H and O–H groups in total. The number of benzene rings is 1. The third-order valence-corrected chi connectivity index (χ3v) is 3.77. The molecule has 1 aromatic rings. The van der Waals surface area contributed by atoms with E-state index in [2.05, 4.69) is 18.0 Å². The highest BCUT2D eigenvalue weighted by Crippen LogP contribution is 2.34. The fraction of sp³-hybridized carbons (Fsp3) is 0.571. The average Bonchev–Trinajstić information content (AvgIpc) is 2.50. The van der Waals surface area contributed by atoms with Gasteiger partial charge in [-0.3, -0.25) is 4.90 Å². The fourth-order valence-corrected chi connectivity index (χ4v) is 2.91. The lowest BCUT2D eigenvalue weighted by molar-refractivity contribution is 0.196. The summed E-state index contributed by atoms with van der Waals surface area (Å²) < 4.78 is 0. The molecule has 0 spiro atoms. The summed E-state index contributed by atoms with van der Waals surface area (Å²) in [4.78, 5) is 2.37. The van der Waals surface area contributed by atoms with Crippen molar-refractivity contribution in [3.05, 3.63) is 29.8 Å². The van der Waals surface area contributed by atoms with Gasteiger partial charge in [0.2, 0.25) is 0 Å². The Morgan fingerprint density at radius 2 is 2.24 bits per heavy atom. The summed E-state index contributed by atoms with van der Waals surface area (Å²) in [6.45, 7) is 1.82. The Hall–Kier alpha value is -1.06. The van der Waals surface area contributed by atoms with Crippen molar-refractivity contribution in [2.45, 2.75) is 25.3 Å². The molecule has 1 saturated heterocycles. The molecular formula is C14H22N2O. The first-order valence-corrected chi connectivity index (χ1v) is 6.41. The zero-order valence-corrected chi connectivity index (χ0v) is 10.5. The van der Waals surface area contributed by atoms with Crippen LogP contribution >= 0.6 is 0 Å². The highest BCUT2D eigenvalue weighted by Gasteiger charge is 2.28. The number of hydrogen-bond acceptors (Lipinski definition) is 3. The van der Waals surface area contributed by atoms with Crippen LogP contribution in [-0.2, 0) is 0 Å². The van der Waals surface area contributed by atoms with Crippen LogP contribution in [-0.4, -0.2) is 30.1 Å². The van der Waals surface area contributed by atoms with Gasteiger partial charge in [0.25, 0.3) is 0 Å². The first-order valence-electron chi connectivity index (χ1n) is 6.41. The smallest absolute Gasteiger partial charge is 0.115 e. The minimum absolute atomic E-state index is 0.342. The van der Waals surface area contributed by atoms with Gasteiger partial charge in [-0.25, -0.2) is 0 Å². The average molecular weight is 234 g/mol. The van der Waals surface area contributed by atoms with Crippen LogP contribution in [0.3, 0.4) is 0 Å². The lowest BCUT2D eigenvalue weighted by Gasteiger charge is -2.32. The van der Waals surface area contributed by atoms with E-state index < -0.39 is 0 Å². The summed E-state index contributed by atoms with van der Waals surface area (Å²) in [5.74, 6) is 0.834. The van der Waals surface area contributed by atoms with Crippen LogP contribution in [0.15, 0.2) is 24.3 Å². The quantitative estimate of drug-likeness (QED) is 0.824. The van der Waals surface area contributed by atoms with Crippen molar-refractivity contribution < 1.29 is 5.11 Å². The largest absolute Gasteiger partial charge is 0.508 e. The molecule has 0 bridgehead atoms. The van der Waals surface area contributed by atoms with Crippen LogP contribution in [0.5, 0.6) is 5.75 Å². The van der Waals surface area contributed by atoms with Crippen molar-refractivity contribution in [1.82, 2.24) is 4.90 Å². The topological polar surface area (TPSA) is 49.5 Å². The van der Waals surface area contributed by atoms with Crippen LogP contribution in [0.25, 0.3) is 0 Å². The van der Waals surface area contributed by atoms with Crippen molar-refractivity contribution in [2.24, 2.45) is 11.7 Å². The summed E-state index contributed by atoms with van der Waals surface area (Å²) >= 11 is 0. The van der Waals surface area contributed by atoms with E-state index in [1.165, 1.54) is 24.8 Å². The molecule has 94 valence electrons. The van der Waals surface area contributed by atoms with Gasteiger partial charge in [0.15, 0.2) is 0 Å². The monoisotopic (exact) mass is 234 g/mol. The van der Waals surface area contributed by atoms with Gasteiger partial charge >= 0.3 is 0 Å². The molecule has 17 heavy (non-hydrogen) atoms. The predicted molar refractivity (Wildman–Crippen MR) is 69.9 cm³/mol. The minimum atomic E-state index is 0.342. The number of hydrogen-bond donors (Lipinski definition) is 2. The highest BCUT2D eigenvalue weighted by molar-refractivity contribution is 5.30. The van der Waals surface area contributed by atoms with E-state index in [0.29, 0.717) is 24.3 Å². The fourth-order valence-electron chi connectivity index (χ4n) is 2.91. The SMILES string of the molecule is CN1CCCC[C@H](CN)[C@H]1c1cccc(O)c1. The van der Waals surface area contributed by atoms with Gasteiger partial charge in [0, 0.05) is 6.04 Å². The maximum absolute atomic E-state index is 9.61. The highest BCUT2D eigenvalue weighted by atomic mass is 16.3. The summed E-state index contributed by atoms with van der Waals surface area (Å²) in [5.41, 5.74) is 7.10. The lowest BCUT2D eigenvalue weighted by Crippen LogP contribution is -2.32. The molecule has 1 heterocycles. The van der Waals surface area contributed by atoms with Gasteiger partial charge in [0.1, 0.15) is 5.75 Å². The maximum Gasteiger partial charge on any atom is 0.115 e. The lowest BCUT2D eigenvalue weighted by atomic mass is 9.89. The zero-order chi connectivity index (χ0) is 12.3. The van der Waals surface area contributed by atoms with Gasteiger partial charge < -0.3 is 10.8 Å². The molecule has 0 unspecified atom stereocenters. The second kappa shape index (κ2) is 5.52. The van der Waals surface area contributed by atoms with Crippen LogP contribution in [0.2, 0.25) is 0 Å². The van der Waals surface area contributed by atoms with Crippen molar-refractivity contribution in [3.63, 3.8) is 0 Å². The first kappa shape index (κ1) is 12.4. The maximum atomic E-state index is 9.61. The first-order chi connectivity index (χ1) is 8.22.